The van der Waals surface area contributed by atoms with Crippen LogP contribution < -0.4 is 113 Å². The normalized spacial score (nSPS) is 10.0. The van der Waals surface area contributed by atoms with Gasteiger partial charge in [0.05, 0.1) is 11.9 Å². The Morgan fingerprint density at radius 3 is 1.95 bits per heavy atom. The van der Waals surface area contributed by atoms with E-state index in [4.69, 9.17) is 0 Å². The third kappa shape index (κ3) is 19.9. The molecule has 0 saturated carbocycles. The second-order valence-corrected chi connectivity index (χ2v) is 3.88. The first-order valence-corrected chi connectivity index (χ1v) is 5.83. The summed E-state index contributed by atoms with van der Waals surface area (Å²) < 4.78 is 0. The van der Waals surface area contributed by atoms with Crippen LogP contribution in [0.4, 0.5) is 0 Å². The fourth-order valence-electron chi connectivity index (χ4n) is 1.40. The molecule has 0 aliphatic carbocycles. The predicted octanol–water partition coefficient (Wildman–Crippen LogP) is -7.07. The molecule has 0 aromatic carbocycles. The van der Waals surface area contributed by atoms with Crippen LogP contribution in [0.25, 0.3) is 0 Å². The number of carbonyl (C=O) groups is 2. The summed E-state index contributed by atoms with van der Waals surface area (Å²) in [7, 11) is 0. The number of hydrogen-bond donors (Lipinski definition) is 0. The molecule has 0 aliphatic rings. The topological polar surface area (TPSA) is 83.5 Å². The smallest absolute Gasteiger partial charge is 0.549 e. The minimum atomic E-state index is -1.29. The molecule has 0 bridgehead atoms. The Bertz CT molecular complexity index is 256. The monoisotopic (exact) mass is 319 g/mol. The van der Waals surface area contributed by atoms with Crippen molar-refractivity contribution in [3.63, 3.8) is 0 Å². The van der Waals surface area contributed by atoms with Crippen molar-refractivity contribution in [1.29, 1.82) is 0 Å². The largest absolute Gasteiger partial charge is 1.00 e. The number of carboxylic acids is 2. The summed E-state index contributed by atoms with van der Waals surface area (Å²) in [6.07, 6.45) is 8.04. The maximum absolute atomic E-state index is 10.4. The summed E-state index contributed by atoms with van der Waals surface area (Å²) in [4.78, 5) is 22.0. The van der Waals surface area contributed by atoms with Gasteiger partial charge < -0.3 is 19.8 Å². The van der Waals surface area contributed by atoms with E-state index in [1.165, 1.54) is 4.90 Å². The first-order chi connectivity index (χ1) is 8.06. The average molecular weight is 319 g/mol. The van der Waals surface area contributed by atoms with E-state index in [1.54, 1.807) is 6.08 Å². The summed E-state index contributed by atoms with van der Waals surface area (Å²) in [5.74, 6) is -2.57. The van der Waals surface area contributed by atoms with Crippen molar-refractivity contribution < 1.29 is 123 Å². The molecule has 0 saturated heterocycles. The fraction of sp³-hybridized carbons (Fsp3) is 0.667. The van der Waals surface area contributed by atoms with Crippen molar-refractivity contribution in [2.45, 2.75) is 32.6 Å². The summed E-state index contributed by atoms with van der Waals surface area (Å²) in [6, 6.07) is 0. The molecule has 0 aromatic heterocycles. The Balaban J connectivity index is -0.00000128. The summed E-state index contributed by atoms with van der Waals surface area (Å²) in [6.45, 7) is 1.61. The molecule has 0 fully saturated rings. The minimum Gasteiger partial charge on any atom is -0.549 e. The third-order valence-corrected chi connectivity index (χ3v) is 2.21. The van der Waals surface area contributed by atoms with Crippen molar-refractivity contribution in [3.05, 3.63) is 12.2 Å². The number of aliphatic carboxylic acids is 2. The second-order valence-electron chi connectivity index (χ2n) is 3.88. The molecule has 0 aromatic rings. The van der Waals surface area contributed by atoms with Gasteiger partial charge in [-0.05, 0) is 12.8 Å². The van der Waals surface area contributed by atoms with Crippen LogP contribution in [0, 0.1) is 0 Å². The van der Waals surface area contributed by atoms with Crippen LogP contribution in [0.3, 0.4) is 0 Å². The minimum absolute atomic E-state index is 0. The molecule has 0 atom stereocenters. The van der Waals surface area contributed by atoms with Crippen LogP contribution in [0.1, 0.15) is 32.6 Å². The van der Waals surface area contributed by atoms with E-state index in [0.29, 0.717) is 0 Å². The van der Waals surface area contributed by atoms with Gasteiger partial charge in [-0.3, -0.25) is 4.90 Å². The van der Waals surface area contributed by atoms with Crippen LogP contribution in [0.15, 0.2) is 12.2 Å². The SMILES string of the molecule is CCCCC/C=C/CN(CC(=O)[O-])CC(=O)[O-].[K+].[K+]. The molecular weight excluding hydrogens is 300 g/mol. The first-order valence-electron chi connectivity index (χ1n) is 5.83. The Labute approximate surface area is 200 Å². The van der Waals surface area contributed by atoms with Crippen molar-refractivity contribution in [2.24, 2.45) is 0 Å². The maximum atomic E-state index is 10.4. The molecule has 0 aliphatic heterocycles. The molecule has 5 nitrogen and oxygen atoms in total. The number of carbonyl (C=O) groups excluding carboxylic acids is 2. The van der Waals surface area contributed by atoms with Crippen LogP contribution in [0.2, 0.25) is 0 Å². The molecule has 0 spiro atoms. The standard InChI is InChI=1S/C12H21NO4.2K/c1-2-3-4-5-6-7-8-13(9-11(14)15)10-12(16)17;;/h6-7H,2-5,8-10H2,1H3,(H,14,15)(H,16,17);;/q;2*+1/p-2/b7-6+;;. The van der Waals surface area contributed by atoms with E-state index in [-0.39, 0.29) is 109 Å². The van der Waals surface area contributed by atoms with E-state index in [9.17, 15) is 19.8 Å². The van der Waals surface area contributed by atoms with E-state index in [1.807, 2.05) is 6.08 Å². The van der Waals surface area contributed by atoms with Crippen LogP contribution in [0.5, 0.6) is 0 Å². The van der Waals surface area contributed by atoms with E-state index in [0.717, 1.165) is 25.7 Å². The predicted molar refractivity (Wildman–Crippen MR) is 59.7 cm³/mol. The zero-order valence-electron chi connectivity index (χ0n) is 12.2. The molecular formula is C12H19K2NO4. The van der Waals surface area contributed by atoms with Crippen molar-refractivity contribution >= 4 is 11.9 Å². The van der Waals surface area contributed by atoms with Crippen LogP contribution in [-0.2, 0) is 9.59 Å². The van der Waals surface area contributed by atoms with Gasteiger partial charge in [0.25, 0.3) is 0 Å². The van der Waals surface area contributed by atoms with E-state index in [2.05, 4.69) is 6.92 Å². The Morgan fingerprint density at radius 1 is 1.00 bits per heavy atom. The van der Waals surface area contributed by atoms with Crippen molar-refractivity contribution in [3.8, 4) is 0 Å². The number of hydrogen-bond acceptors (Lipinski definition) is 5. The van der Waals surface area contributed by atoms with Crippen LogP contribution in [-0.4, -0.2) is 36.5 Å². The molecule has 0 rings (SSSR count). The summed E-state index contributed by atoms with van der Waals surface area (Å²) >= 11 is 0. The van der Waals surface area contributed by atoms with E-state index < -0.39 is 25.0 Å². The number of nitrogens with zero attached hydrogens (tertiary/aromatic N) is 1. The van der Waals surface area contributed by atoms with Gasteiger partial charge in [0.1, 0.15) is 0 Å². The Kier molecular flexibility index (Phi) is 24.4. The maximum Gasteiger partial charge on any atom is 1.00 e. The van der Waals surface area contributed by atoms with Crippen LogP contribution >= 0.6 is 0 Å². The number of allylic oxidation sites excluding steroid dienone is 1. The van der Waals surface area contributed by atoms with Gasteiger partial charge in [-0.1, -0.05) is 31.9 Å². The number of rotatable bonds is 10. The van der Waals surface area contributed by atoms with Gasteiger partial charge >= 0.3 is 103 Å². The van der Waals surface area contributed by atoms with E-state index >= 15 is 0 Å². The Morgan fingerprint density at radius 2 is 1.53 bits per heavy atom. The molecule has 0 N–H and O–H groups in total. The van der Waals surface area contributed by atoms with Crippen molar-refractivity contribution in [2.75, 3.05) is 19.6 Å². The molecule has 19 heavy (non-hydrogen) atoms. The molecule has 0 amide bonds. The fourth-order valence-corrected chi connectivity index (χ4v) is 1.40. The van der Waals surface area contributed by atoms with Gasteiger partial charge in [-0.25, -0.2) is 0 Å². The third-order valence-electron chi connectivity index (χ3n) is 2.21. The van der Waals surface area contributed by atoms with Gasteiger partial charge in [0, 0.05) is 19.6 Å². The zero-order valence-corrected chi connectivity index (χ0v) is 18.4. The molecule has 0 heterocycles. The van der Waals surface area contributed by atoms with Gasteiger partial charge in [-0.15, -0.1) is 0 Å². The molecule has 7 heteroatoms. The molecule has 0 radical (unpaired) electrons. The number of carboxylic acid groups (broad SMARTS) is 2. The van der Waals surface area contributed by atoms with Gasteiger partial charge in [0.2, 0.25) is 0 Å². The van der Waals surface area contributed by atoms with Gasteiger partial charge in [-0.2, -0.15) is 0 Å². The molecule has 0 unspecified atom stereocenters. The average Bonchev–Trinajstić information content (AvgIpc) is 2.21. The zero-order chi connectivity index (χ0) is 13.1. The second kappa shape index (κ2) is 18.0. The van der Waals surface area contributed by atoms with Gasteiger partial charge in [0.15, 0.2) is 0 Å². The number of unbranched alkanes of at least 4 members (excludes halogenated alkanes) is 3. The quantitative estimate of drug-likeness (QED) is 0.227. The van der Waals surface area contributed by atoms with Crippen molar-refractivity contribution in [1.82, 2.24) is 4.90 Å². The Hall–Kier alpha value is 1.91. The summed E-state index contributed by atoms with van der Waals surface area (Å²) in [5.41, 5.74) is 0. The summed E-state index contributed by atoms with van der Waals surface area (Å²) in [5, 5.41) is 20.8. The first kappa shape index (κ1) is 25.8. The molecule has 98 valence electrons.